The van der Waals surface area contributed by atoms with Gasteiger partial charge in [0.05, 0.1) is 4.88 Å². The van der Waals surface area contributed by atoms with Crippen molar-refractivity contribution in [3.05, 3.63) is 21.9 Å². The lowest BCUT2D eigenvalue weighted by molar-refractivity contribution is 0.0500. The Labute approximate surface area is 119 Å². The minimum atomic E-state index is 0.238. The molecular formula is C15H22N2OS. The summed E-state index contributed by atoms with van der Waals surface area (Å²) in [4.78, 5) is 16.6. The van der Waals surface area contributed by atoms with Crippen LogP contribution in [0.2, 0.25) is 0 Å². The van der Waals surface area contributed by atoms with Crippen LogP contribution in [0.1, 0.15) is 40.2 Å². The summed E-state index contributed by atoms with van der Waals surface area (Å²) in [7, 11) is 0. The van der Waals surface area contributed by atoms with E-state index in [4.69, 9.17) is 0 Å². The number of thiophene rings is 1. The number of carbonyl (C=O) groups is 1. The van der Waals surface area contributed by atoms with Crippen LogP contribution in [0.3, 0.4) is 0 Å². The zero-order valence-corrected chi connectivity index (χ0v) is 12.4. The summed E-state index contributed by atoms with van der Waals surface area (Å²) in [6.45, 7) is 6.24. The number of likely N-dealkylation sites (tertiary alicyclic amines) is 1. The van der Waals surface area contributed by atoms with Gasteiger partial charge in [0.15, 0.2) is 0 Å². The van der Waals surface area contributed by atoms with E-state index in [0.717, 1.165) is 31.1 Å². The number of rotatable bonds is 1. The Morgan fingerprint density at radius 2 is 1.89 bits per heavy atom. The lowest BCUT2D eigenvalue weighted by atomic mass is 9.71. The molecule has 1 aromatic rings. The van der Waals surface area contributed by atoms with Crippen molar-refractivity contribution < 1.29 is 4.79 Å². The fraction of sp³-hybridized carbons (Fsp3) is 0.667. The zero-order chi connectivity index (χ0) is 13.3. The summed E-state index contributed by atoms with van der Waals surface area (Å²) < 4.78 is 0. The van der Waals surface area contributed by atoms with E-state index in [2.05, 4.69) is 17.1 Å². The van der Waals surface area contributed by atoms with Gasteiger partial charge in [-0.3, -0.25) is 4.79 Å². The minimum Gasteiger partial charge on any atom is -0.338 e. The van der Waals surface area contributed by atoms with Gasteiger partial charge in [0, 0.05) is 18.0 Å². The topological polar surface area (TPSA) is 32.3 Å². The first kappa shape index (κ1) is 13.1. The molecule has 1 N–H and O–H groups in total. The summed E-state index contributed by atoms with van der Waals surface area (Å²) in [5.41, 5.74) is 0.521. The van der Waals surface area contributed by atoms with E-state index in [0.29, 0.717) is 5.41 Å². The third-order valence-electron chi connectivity index (χ3n) is 4.73. The number of aryl methyl sites for hydroxylation is 1. The molecule has 1 aromatic heterocycles. The molecule has 3 heterocycles. The van der Waals surface area contributed by atoms with E-state index in [1.807, 2.05) is 12.1 Å². The van der Waals surface area contributed by atoms with E-state index >= 15 is 0 Å². The molecule has 2 aliphatic rings. The Balaban J connectivity index is 1.62. The highest BCUT2D eigenvalue weighted by Gasteiger charge is 2.36. The van der Waals surface area contributed by atoms with Crippen LogP contribution in [0.5, 0.6) is 0 Å². The van der Waals surface area contributed by atoms with Crippen molar-refractivity contribution in [2.45, 2.75) is 32.6 Å². The number of amides is 1. The Morgan fingerprint density at radius 3 is 2.47 bits per heavy atom. The molecule has 0 aliphatic carbocycles. The molecule has 19 heavy (non-hydrogen) atoms. The maximum Gasteiger partial charge on any atom is 0.263 e. The largest absolute Gasteiger partial charge is 0.338 e. The number of nitrogens with zero attached hydrogens (tertiary/aromatic N) is 1. The molecule has 3 nitrogen and oxygen atoms in total. The van der Waals surface area contributed by atoms with Crippen LogP contribution in [0.4, 0.5) is 0 Å². The van der Waals surface area contributed by atoms with Crippen molar-refractivity contribution in [1.82, 2.24) is 10.2 Å². The third kappa shape index (κ3) is 2.70. The minimum absolute atomic E-state index is 0.238. The van der Waals surface area contributed by atoms with E-state index in [1.165, 1.54) is 30.6 Å². The first-order chi connectivity index (χ1) is 9.19. The highest BCUT2D eigenvalue weighted by Crippen LogP contribution is 2.39. The van der Waals surface area contributed by atoms with Crippen LogP contribution < -0.4 is 5.32 Å². The second-order valence-electron chi connectivity index (χ2n) is 5.95. The van der Waals surface area contributed by atoms with Gasteiger partial charge in [-0.1, -0.05) is 0 Å². The van der Waals surface area contributed by atoms with Crippen molar-refractivity contribution in [3.63, 3.8) is 0 Å². The van der Waals surface area contributed by atoms with E-state index in [9.17, 15) is 4.79 Å². The molecule has 0 aromatic carbocycles. The van der Waals surface area contributed by atoms with Gasteiger partial charge < -0.3 is 10.2 Å². The molecule has 1 spiro atoms. The summed E-state index contributed by atoms with van der Waals surface area (Å²) in [6, 6.07) is 4.01. The molecule has 0 unspecified atom stereocenters. The second-order valence-corrected chi connectivity index (χ2v) is 7.24. The first-order valence-corrected chi connectivity index (χ1v) is 8.07. The highest BCUT2D eigenvalue weighted by atomic mass is 32.1. The quantitative estimate of drug-likeness (QED) is 0.856. The van der Waals surface area contributed by atoms with E-state index in [1.54, 1.807) is 11.3 Å². The standard InChI is InChI=1S/C15H22N2OS/c1-12-2-3-13(19-12)14(18)17-10-6-15(7-11-17)4-8-16-9-5-15/h2-3,16H,4-11H2,1H3. The van der Waals surface area contributed by atoms with Gasteiger partial charge in [-0.15, -0.1) is 11.3 Å². The molecule has 2 saturated heterocycles. The third-order valence-corrected chi connectivity index (χ3v) is 5.72. The maximum atomic E-state index is 12.4. The van der Waals surface area contributed by atoms with Gasteiger partial charge in [0.25, 0.3) is 5.91 Å². The SMILES string of the molecule is Cc1ccc(C(=O)N2CCC3(CCNCC3)CC2)s1. The first-order valence-electron chi connectivity index (χ1n) is 7.25. The maximum absolute atomic E-state index is 12.4. The summed E-state index contributed by atoms with van der Waals surface area (Å²) in [5.74, 6) is 0.238. The molecule has 4 heteroatoms. The van der Waals surface area contributed by atoms with Crippen LogP contribution in [-0.4, -0.2) is 37.0 Å². The lowest BCUT2D eigenvalue weighted by Crippen LogP contribution is -2.47. The molecular weight excluding hydrogens is 256 g/mol. The smallest absolute Gasteiger partial charge is 0.263 e. The molecule has 3 rings (SSSR count). The number of carbonyl (C=O) groups excluding carboxylic acids is 1. The molecule has 0 atom stereocenters. The predicted octanol–water partition coefficient (Wildman–Crippen LogP) is 2.66. The molecule has 0 radical (unpaired) electrons. The van der Waals surface area contributed by atoms with Gasteiger partial charge in [-0.25, -0.2) is 0 Å². The molecule has 0 bridgehead atoms. The summed E-state index contributed by atoms with van der Waals surface area (Å²) in [5, 5.41) is 3.44. The number of hydrogen-bond acceptors (Lipinski definition) is 3. The normalized spacial score (nSPS) is 22.7. The molecule has 1 amide bonds. The monoisotopic (exact) mass is 278 g/mol. The fourth-order valence-electron chi connectivity index (χ4n) is 3.35. The fourth-order valence-corrected chi connectivity index (χ4v) is 4.18. The Bertz CT molecular complexity index is 452. The van der Waals surface area contributed by atoms with Gasteiger partial charge >= 0.3 is 0 Å². The van der Waals surface area contributed by atoms with Gasteiger partial charge in [-0.05, 0) is 63.2 Å². The Hall–Kier alpha value is -0.870. The zero-order valence-electron chi connectivity index (χ0n) is 11.6. The average molecular weight is 278 g/mol. The van der Waals surface area contributed by atoms with Crippen molar-refractivity contribution in [3.8, 4) is 0 Å². The van der Waals surface area contributed by atoms with E-state index < -0.39 is 0 Å². The second kappa shape index (κ2) is 5.25. The molecule has 104 valence electrons. The summed E-state index contributed by atoms with van der Waals surface area (Å²) in [6.07, 6.45) is 4.94. The van der Waals surface area contributed by atoms with Gasteiger partial charge in [-0.2, -0.15) is 0 Å². The molecule has 2 fully saturated rings. The lowest BCUT2D eigenvalue weighted by Gasteiger charge is -2.44. The van der Waals surface area contributed by atoms with Crippen molar-refractivity contribution >= 4 is 17.2 Å². The summed E-state index contributed by atoms with van der Waals surface area (Å²) >= 11 is 1.62. The van der Waals surface area contributed by atoms with Crippen molar-refractivity contribution in [2.75, 3.05) is 26.2 Å². The highest BCUT2D eigenvalue weighted by molar-refractivity contribution is 7.13. The Morgan fingerprint density at radius 1 is 1.21 bits per heavy atom. The van der Waals surface area contributed by atoms with Gasteiger partial charge in [0.2, 0.25) is 0 Å². The van der Waals surface area contributed by atoms with Crippen LogP contribution in [0, 0.1) is 12.3 Å². The molecule has 0 saturated carbocycles. The van der Waals surface area contributed by atoms with Crippen molar-refractivity contribution in [1.29, 1.82) is 0 Å². The van der Waals surface area contributed by atoms with Crippen LogP contribution in [-0.2, 0) is 0 Å². The predicted molar refractivity (Wildman–Crippen MR) is 78.7 cm³/mol. The van der Waals surface area contributed by atoms with Crippen LogP contribution in [0.25, 0.3) is 0 Å². The van der Waals surface area contributed by atoms with Crippen molar-refractivity contribution in [2.24, 2.45) is 5.41 Å². The Kier molecular flexibility index (Phi) is 3.63. The van der Waals surface area contributed by atoms with E-state index in [-0.39, 0.29) is 5.91 Å². The molecule has 2 aliphatic heterocycles. The number of piperidine rings is 2. The number of hydrogen-bond donors (Lipinski definition) is 1. The van der Waals surface area contributed by atoms with Gasteiger partial charge in [0.1, 0.15) is 0 Å². The van der Waals surface area contributed by atoms with Crippen LogP contribution >= 0.6 is 11.3 Å². The van der Waals surface area contributed by atoms with Crippen LogP contribution in [0.15, 0.2) is 12.1 Å². The average Bonchev–Trinajstić information content (AvgIpc) is 2.87. The number of nitrogens with one attached hydrogen (secondary N) is 1.